The third kappa shape index (κ3) is 3.81. The Bertz CT molecular complexity index is 373. The molecule has 1 N–H and O–H groups in total. The molecule has 0 radical (unpaired) electrons. The molecule has 0 bridgehead atoms. The third-order valence-corrected chi connectivity index (χ3v) is 3.82. The predicted molar refractivity (Wildman–Crippen MR) is 70.4 cm³/mol. The van der Waals surface area contributed by atoms with Crippen LogP contribution < -0.4 is 5.32 Å². The van der Waals surface area contributed by atoms with E-state index >= 15 is 0 Å². The van der Waals surface area contributed by atoms with Gasteiger partial charge in [0.2, 0.25) is 0 Å². The Morgan fingerprint density at radius 2 is 2.06 bits per heavy atom. The van der Waals surface area contributed by atoms with Crippen molar-refractivity contribution in [3.05, 3.63) is 47.0 Å². The summed E-state index contributed by atoms with van der Waals surface area (Å²) in [5, 5.41) is 3.26. The highest BCUT2D eigenvalue weighted by Gasteiger charge is 2.03. The second-order valence-corrected chi connectivity index (χ2v) is 5.60. The van der Waals surface area contributed by atoms with E-state index in [1.54, 1.807) is 0 Å². The molecule has 0 aromatic heterocycles. The number of hydrogen-bond acceptors (Lipinski definition) is 2. The van der Waals surface area contributed by atoms with Crippen LogP contribution in [0.5, 0.6) is 0 Å². The molecule has 0 heterocycles. The highest BCUT2D eigenvalue weighted by atomic mass is 32.2. The highest BCUT2D eigenvalue weighted by Crippen LogP contribution is 2.11. The molecule has 88 valence electrons. The van der Waals surface area contributed by atoms with Crippen molar-refractivity contribution in [3.63, 3.8) is 0 Å². The van der Waals surface area contributed by atoms with Gasteiger partial charge in [-0.05, 0) is 19.4 Å². The van der Waals surface area contributed by atoms with Crippen molar-refractivity contribution in [2.24, 2.45) is 0 Å². The Kier molecular flexibility index (Phi) is 5.26. The van der Waals surface area contributed by atoms with E-state index in [4.69, 9.17) is 0 Å². The van der Waals surface area contributed by atoms with Crippen LogP contribution >= 0.6 is 0 Å². The van der Waals surface area contributed by atoms with Crippen LogP contribution in [0.15, 0.2) is 41.4 Å². The molecule has 2 atom stereocenters. The van der Waals surface area contributed by atoms with Gasteiger partial charge < -0.3 is 5.32 Å². The highest BCUT2D eigenvalue weighted by molar-refractivity contribution is 7.88. The van der Waals surface area contributed by atoms with Crippen LogP contribution in [-0.4, -0.2) is 9.96 Å². The monoisotopic (exact) mass is 237 g/mol. The maximum atomic E-state index is 11.5. The van der Waals surface area contributed by atoms with Gasteiger partial charge in [0, 0.05) is 33.7 Å². The standard InChI is InChI=1S/C13H19NOS/c1-4-16(15)11(2)10-14-12(3)13-8-6-5-7-9-13/h5-10,12,14H,4H2,1-3H3/b11-10+. The SMILES string of the molecule is CCS(=O)/C(C)=C/NC(C)c1ccccc1. The van der Waals surface area contributed by atoms with Crippen LogP contribution in [0.4, 0.5) is 0 Å². The maximum absolute atomic E-state index is 11.5. The van der Waals surface area contributed by atoms with Crippen LogP contribution in [-0.2, 0) is 10.8 Å². The average Bonchev–Trinajstić information content (AvgIpc) is 2.35. The maximum Gasteiger partial charge on any atom is 0.0497 e. The molecule has 1 aromatic carbocycles. The first-order valence-corrected chi connectivity index (χ1v) is 6.83. The molecular formula is C13H19NOS. The van der Waals surface area contributed by atoms with Gasteiger partial charge in [0.1, 0.15) is 0 Å². The molecule has 1 aromatic rings. The van der Waals surface area contributed by atoms with E-state index in [1.165, 1.54) is 5.56 Å². The molecule has 0 aliphatic rings. The van der Waals surface area contributed by atoms with Gasteiger partial charge >= 0.3 is 0 Å². The lowest BCUT2D eigenvalue weighted by atomic mass is 10.1. The molecule has 0 fully saturated rings. The van der Waals surface area contributed by atoms with Gasteiger partial charge in [-0.25, -0.2) is 0 Å². The molecule has 2 unspecified atom stereocenters. The average molecular weight is 237 g/mol. The summed E-state index contributed by atoms with van der Waals surface area (Å²) in [5.41, 5.74) is 1.23. The zero-order valence-electron chi connectivity index (χ0n) is 10.1. The van der Waals surface area contributed by atoms with Crippen LogP contribution in [0, 0.1) is 0 Å². The lowest BCUT2D eigenvalue weighted by Crippen LogP contribution is -2.13. The van der Waals surface area contributed by atoms with Crippen molar-refractivity contribution in [2.75, 3.05) is 5.75 Å². The Morgan fingerprint density at radius 1 is 1.44 bits per heavy atom. The minimum Gasteiger partial charge on any atom is -0.384 e. The summed E-state index contributed by atoms with van der Waals surface area (Å²) in [6.45, 7) is 5.91. The zero-order valence-corrected chi connectivity index (χ0v) is 10.9. The van der Waals surface area contributed by atoms with Gasteiger partial charge in [-0.1, -0.05) is 37.3 Å². The van der Waals surface area contributed by atoms with Crippen molar-refractivity contribution >= 4 is 10.8 Å². The topological polar surface area (TPSA) is 29.1 Å². The third-order valence-electron chi connectivity index (χ3n) is 2.46. The number of benzene rings is 1. The molecular weight excluding hydrogens is 218 g/mol. The Hall–Kier alpha value is -1.09. The van der Waals surface area contributed by atoms with Crippen molar-refractivity contribution in [1.29, 1.82) is 0 Å². The van der Waals surface area contributed by atoms with Crippen molar-refractivity contribution in [1.82, 2.24) is 5.32 Å². The van der Waals surface area contributed by atoms with Crippen LogP contribution in [0.1, 0.15) is 32.4 Å². The molecule has 0 amide bonds. The first-order valence-electron chi connectivity index (χ1n) is 5.51. The molecule has 3 heteroatoms. The van der Waals surface area contributed by atoms with E-state index in [-0.39, 0.29) is 6.04 Å². The minimum absolute atomic E-state index is 0.241. The van der Waals surface area contributed by atoms with E-state index < -0.39 is 10.8 Å². The summed E-state index contributed by atoms with van der Waals surface area (Å²) in [7, 11) is -0.846. The minimum atomic E-state index is -0.846. The lowest BCUT2D eigenvalue weighted by molar-refractivity contribution is 0.678. The van der Waals surface area contributed by atoms with Crippen molar-refractivity contribution < 1.29 is 4.21 Å². The van der Waals surface area contributed by atoms with E-state index in [0.717, 1.165) is 4.91 Å². The predicted octanol–water partition coefficient (Wildman–Crippen LogP) is 2.97. The second kappa shape index (κ2) is 6.48. The number of hydrogen-bond donors (Lipinski definition) is 1. The van der Waals surface area contributed by atoms with E-state index in [0.29, 0.717) is 5.75 Å². The smallest absolute Gasteiger partial charge is 0.0497 e. The van der Waals surface area contributed by atoms with Crippen molar-refractivity contribution in [2.45, 2.75) is 26.8 Å². The molecule has 0 saturated carbocycles. The Morgan fingerprint density at radius 3 is 2.62 bits per heavy atom. The van der Waals surface area contributed by atoms with Gasteiger partial charge in [0.05, 0.1) is 0 Å². The summed E-state index contributed by atoms with van der Waals surface area (Å²) < 4.78 is 11.5. The van der Waals surface area contributed by atoms with Crippen LogP contribution in [0.2, 0.25) is 0 Å². The van der Waals surface area contributed by atoms with Gasteiger partial charge in [-0.3, -0.25) is 4.21 Å². The van der Waals surface area contributed by atoms with Gasteiger partial charge in [0.15, 0.2) is 0 Å². The van der Waals surface area contributed by atoms with E-state index in [1.807, 2.05) is 38.2 Å². The summed E-state index contributed by atoms with van der Waals surface area (Å²) in [6.07, 6.45) is 1.86. The van der Waals surface area contributed by atoms with Crippen LogP contribution in [0.3, 0.4) is 0 Å². The molecule has 1 rings (SSSR count). The molecule has 2 nitrogen and oxygen atoms in total. The summed E-state index contributed by atoms with van der Waals surface area (Å²) in [6, 6.07) is 10.5. The second-order valence-electron chi connectivity index (χ2n) is 3.69. The Labute approximate surface area is 100 Å². The summed E-state index contributed by atoms with van der Waals surface area (Å²) >= 11 is 0. The van der Waals surface area contributed by atoms with Crippen LogP contribution in [0.25, 0.3) is 0 Å². The normalized spacial score (nSPS) is 15.6. The lowest BCUT2D eigenvalue weighted by Gasteiger charge is -2.12. The summed E-state index contributed by atoms with van der Waals surface area (Å²) in [4.78, 5) is 0.894. The fourth-order valence-corrected chi connectivity index (χ4v) is 2.03. The van der Waals surface area contributed by atoms with Gasteiger partial charge in [-0.15, -0.1) is 0 Å². The van der Waals surface area contributed by atoms with E-state index in [9.17, 15) is 4.21 Å². The van der Waals surface area contributed by atoms with Gasteiger partial charge in [0.25, 0.3) is 0 Å². The zero-order chi connectivity index (χ0) is 12.0. The summed E-state index contributed by atoms with van der Waals surface area (Å²) in [5.74, 6) is 0.670. The number of nitrogens with one attached hydrogen (secondary N) is 1. The quantitative estimate of drug-likeness (QED) is 0.853. The first-order chi connectivity index (χ1) is 7.65. The number of rotatable bonds is 5. The molecule has 0 saturated heterocycles. The fourth-order valence-electron chi connectivity index (χ4n) is 1.37. The number of allylic oxidation sites excluding steroid dienone is 1. The Balaban J connectivity index is 2.59. The molecule has 0 aliphatic heterocycles. The first kappa shape index (κ1) is 13.0. The molecule has 0 spiro atoms. The fraction of sp³-hybridized carbons (Fsp3) is 0.385. The molecule has 16 heavy (non-hydrogen) atoms. The largest absolute Gasteiger partial charge is 0.384 e. The van der Waals surface area contributed by atoms with E-state index in [2.05, 4.69) is 24.4 Å². The molecule has 0 aliphatic carbocycles. The van der Waals surface area contributed by atoms with Gasteiger partial charge in [-0.2, -0.15) is 0 Å². The van der Waals surface area contributed by atoms with Crippen molar-refractivity contribution in [3.8, 4) is 0 Å².